The molecule has 0 saturated carbocycles. The van der Waals surface area contributed by atoms with E-state index in [1.54, 1.807) is 31.0 Å². The highest BCUT2D eigenvalue weighted by molar-refractivity contribution is 8.01. The third-order valence-corrected chi connectivity index (χ3v) is 5.23. The van der Waals surface area contributed by atoms with Crippen LogP contribution in [0.25, 0.3) is 0 Å². The number of hydrogen-bond donors (Lipinski definition) is 1. The van der Waals surface area contributed by atoms with E-state index in [1.165, 1.54) is 11.3 Å². The molecule has 0 saturated heterocycles. The average molecular weight is 367 g/mol. The predicted molar refractivity (Wildman–Crippen MR) is 97.3 cm³/mol. The second kappa shape index (κ2) is 9.48. The maximum absolute atomic E-state index is 12.4. The second-order valence-corrected chi connectivity index (χ2v) is 7.22. The van der Waals surface area contributed by atoms with Crippen LogP contribution in [0.3, 0.4) is 0 Å². The smallest absolute Gasteiger partial charge is 0.267 e. The van der Waals surface area contributed by atoms with Gasteiger partial charge in [0.15, 0.2) is 10.4 Å². The summed E-state index contributed by atoms with van der Waals surface area (Å²) in [5.41, 5.74) is 0. The number of anilines is 1. The van der Waals surface area contributed by atoms with Crippen LogP contribution >= 0.6 is 23.1 Å². The van der Waals surface area contributed by atoms with E-state index in [1.807, 2.05) is 19.1 Å². The van der Waals surface area contributed by atoms with Gasteiger partial charge in [0.25, 0.3) is 5.91 Å². The van der Waals surface area contributed by atoms with Gasteiger partial charge in [-0.2, -0.15) is 0 Å². The number of thioether (sulfide) groups is 1. The van der Waals surface area contributed by atoms with Gasteiger partial charge in [-0.1, -0.05) is 43.0 Å². The standard InChI is InChI=1S/C16H21N3O3S2/c1-4-9-23-16-19-18-15(24-16)17-14(20)13(5-2)22-12-8-6-7-11(10-12)21-3/h6-8,10,13H,4-5,9H2,1-3H3,(H,17,18,20)/t13-/m1/s1. The Morgan fingerprint density at radius 1 is 1.33 bits per heavy atom. The lowest BCUT2D eigenvalue weighted by Crippen LogP contribution is -2.32. The van der Waals surface area contributed by atoms with Crippen molar-refractivity contribution in [3.8, 4) is 11.5 Å². The Kier molecular flexibility index (Phi) is 7.33. The molecule has 0 spiro atoms. The molecule has 1 aromatic heterocycles. The van der Waals surface area contributed by atoms with E-state index in [4.69, 9.17) is 9.47 Å². The first kappa shape index (κ1) is 18.5. The highest BCUT2D eigenvalue weighted by Crippen LogP contribution is 2.26. The third-order valence-electron chi connectivity index (χ3n) is 3.05. The largest absolute Gasteiger partial charge is 0.497 e. The molecular formula is C16H21N3O3S2. The van der Waals surface area contributed by atoms with E-state index in [0.717, 1.165) is 16.5 Å². The average Bonchev–Trinajstić information content (AvgIpc) is 3.05. The number of amides is 1. The minimum atomic E-state index is -0.604. The molecule has 0 aliphatic heterocycles. The molecular weight excluding hydrogens is 346 g/mol. The summed E-state index contributed by atoms with van der Waals surface area (Å²) in [6.07, 6.45) is 1.00. The van der Waals surface area contributed by atoms with Crippen molar-refractivity contribution in [2.75, 3.05) is 18.2 Å². The second-order valence-electron chi connectivity index (χ2n) is 4.90. The Morgan fingerprint density at radius 3 is 2.83 bits per heavy atom. The number of carbonyl (C=O) groups is 1. The maximum Gasteiger partial charge on any atom is 0.267 e. The molecule has 2 aromatic rings. The normalized spacial score (nSPS) is 11.8. The van der Waals surface area contributed by atoms with E-state index in [0.29, 0.717) is 23.1 Å². The van der Waals surface area contributed by atoms with Gasteiger partial charge in [-0.15, -0.1) is 10.2 Å². The Morgan fingerprint density at radius 2 is 2.12 bits per heavy atom. The van der Waals surface area contributed by atoms with Gasteiger partial charge in [0.2, 0.25) is 5.13 Å². The monoisotopic (exact) mass is 367 g/mol. The summed E-state index contributed by atoms with van der Waals surface area (Å²) < 4.78 is 11.8. The fourth-order valence-electron chi connectivity index (χ4n) is 1.85. The van der Waals surface area contributed by atoms with Gasteiger partial charge in [-0.05, 0) is 25.0 Å². The van der Waals surface area contributed by atoms with E-state index < -0.39 is 6.10 Å². The number of ether oxygens (including phenoxy) is 2. The Hall–Kier alpha value is -1.80. The fourth-order valence-corrected chi connectivity index (χ4v) is 3.54. The van der Waals surface area contributed by atoms with Crippen LogP contribution in [0.5, 0.6) is 11.5 Å². The molecule has 0 fully saturated rings. The summed E-state index contributed by atoms with van der Waals surface area (Å²) >= 11 is 3.01. The number of rotatable bonds is 9. The lowest BCUT2D eigenvalue weighted by molar-refractivity contribution is -0.122. The van der Waals surface area contributed by atoms with Crippen molar-refractivity contribution in [1.82, 2.24) is 10.2 Å². The zero-order valence-corrected chi connectivity index (χ0v) is 15.6. The van der Waals surface area contributed by atoms with Crippen LogP contribution in [-0.4, -0.2) is 35.1 Å². The van der Waals surface area contributed by atoms with Gasteiger partial charge in [0.1, 0.15) is 11.5 Å². The molecule has 0 unspecified atom stereocenters. The van der Waals surface area contributed by atoms with Gasteiger partial charge in [0, 0.05) is 11.8 Å². The lowest BCUT2D eigenvalue weighted by atomic mass is 10.2. The molecule has 6 nitrogen and oxygen atoms in total. The lowest BCUT2D eigenvalue weighted by Gasteiger charge is -2.16. The van der Waals surface area contributed by atoms with Gasteiger partial charge < -0.3 is 9.47 Å². The molecule has 1 aromatic carbocycles. The van der Waals surface area contributed by atoms with Crippen molar-refractivity contribution in [2.24, 2.45) is 0 Å². The van der Waals surface area contributed by atoms with E-state index in [9.17, 15) is 4.79 Å². The fraction of sp³-hybridized carbons (Fsp3) is 0.438. The van der Waals surface area contributed by atoms with Crippen molar-refractivity contribution in [3.05, 3.63) is 24.3 Å². The number of nitrogens with one attached hydrogen (secondary N) is 1. The highest BCUT2D eigenvalue weighted by atomic mass is 32.2. The minimum absolute atomic E-state index is 0.233. The maximum atomic E-state index is 12.4. The van der Waals surface area contributed by atoms with Crippen molar-refractivity contribution in [2.45, 2.75) is 37.1 Å². The molecule has 24 heavy (non-hydrogen) atoms. The number of hydrogen-bond acceptors (Lipinski definition) is 7. The van der Waals surface area contributed by atoms with Crippen LogP contribution in [0.15, 0.2) is 28.6 Å². The van der Waals surface area contributed by atoms with E-state index in [-0.39, 0.29) is 5.91 Å². The Bertz CT molecular complexity index is 664. The first-order chi connectivity index (χ1) is 11.7. The summed E-state index contributed by atoms with van der Waals surface area (Å²) in [5.74, 6) is 2.03. The van der Waals surface area contributed by atoms with Gasteiger partial charge in [-0.3, -0.25) is 10.1 Å². The van der Waals surface area contributed by atoms with Gasteiger partial charge >= 0.3 is 0 Å². The number of carbonyl (C=O) groups excluding carboxylic acids is 1. The Labute approximate surface area is 150 Å². The van der Waals surface area contributed by atoms with Crippen molar-refractivity contribution in [3.63, 3.8) is 0 Å². The molecule has 1 N–H and O–H groups in total. The summed E-state index contributed by atoms with van der Waals surface area (Å²) in [7, 11) is 1.59. The minimum Gasteiger partial charge on any atom is -0.497 e. The predicted octanol–water partition coefficient (Wildman–Crippen LogP) is 3.84. The molecule has 1 heterocycles. The van der Waals surface area contributed by atoms with E-state index >= 15 is 0 Å². The Balaban J connectivity index is 1.96. The van der Waals surface area contributed by atoms with Crippen LogP contribution < -0.4 is 14.8 Å². The number of methoxy groups -OCH3 is 1. The summed E-state index contributed by atoms with van der Waals surface area (Å²) in [6.45, 7) is 4.01. The van der Waals surface area contributed by atoms with Crippen LogP contribution in [0.4, 0.5) is 5.13 Å². The zero-order valence-electron chi connectivity index (χ0n) is 13.9. The summed E-state index contributed by atoms with van der Waals surface area (Å²) in [6, 6.07) is 7.19. The molecule has 0 bridgehead atoms. The van der Waals surface area contributed by atoms with Crippen molar-refractivity contribution in [1.29, 1.82) is 0 Å². The van der Waals surface area contributed by atoms with Crippen molar-refractivity contribution >= 4 is 34.1 Å². The van der Waals surface area contributed by atoms with Crippen LogP contribution in [0, 0.1) is 0 Å². The van der Waals surface area contributed by atoms with Crippen LogP contribution in [0.1, 0.15) is 26.7 Å². The number of nitrogens with zero attached hydrogens (tertiary/aromatic N) is 2. The summed E-state index contributed by atoms with van der Waals surface area (Å²) in [4.78, 5) is 12.4. The highest BCUT2D eigenvalue weighted by Gasteiger charge is 2.20. The zero-order chi connectivity index (χ0) is 17.4. The topological polar surface area (TPSA) is 73.3 Å². The summed E-state index contributed by atoms with van der Waals surface area (Å²) in [5, 5.41) is 11.3. The van der Waals surface area contributed by atoms with Crippen LogP contribution in [-0.2, 0) is 4.79 Å². The SMILES string of the molecule is CCCSc1nnc(NC(=O)[C@@H](CC)Oc2cccc(OC)c2)s1. The molecule has 0 radical (unpaired) electrons. The van der Waals surface area contributed by atoms with Gasteiger partial charge in [0.05, 0.1) is 7.11 Å². The first-order valence-electron chi connectivity index (χ1n) is 7.74. The molecule has 8 heteroatoms. The molecule has 0 aliphatic rings. The number of aromatic nitrogens is 2. The molecule has 0 aliphatic carbocycles. The molecule has 1 atom stereocenters. The third kappa shape index (κ3) is 5.38. The number of benzene rings is 1. The van der Waals surface area contributed by atoms with Crippen LogP contribution in [0.2, 0.25) is 0 Å². The van der Waals surface area contributed by atoms with Crippen molar-refractivity contribution < 1.29 is 14.3 Å². The molecule has 1 amide bonds. The first-order valence-corrected chi connectivity index (χ1v) is 9.54. The quantitative estimate of drug-likeness (QED) is 0.536. The van der Waals surface area contributed by atoms with Gasteiger partial charge in [-0.25, -0.2) is 0 Å². The molecule has 130 valence electrons. The molecule has 2 rings (SSSR count). The van der Waals surface area contributed by atoms with E-state index in [2.05, 4.69) is 22.4 Å².